The fourth-order valence-electron chi connectivity index (χ4n) is 5.29. The number of fused-ring (bicyclic) bond motifs is 1. The largest absolute Gasteiger partial charge is 0.478 e. The first-order valence-corrected chi connectivity index (χ1v) is 14.4. The number of carboxylic acids is 1. The maximum Gasteiger partial charge on any atom is 0.335 e. The number of aromatic carboxylic acids is 1. The highest BCUT2D eigenvalue weighted by atomic mass is 35.5. The highest BCUT2D eigenvalue weighted by molar-refractivity contribution is 6.30. The minimum Gasteiger partial charge on any atom is -0.478 e. The van der Waals surface area contributed by atoms with Crippen LogP contribution in [-0.2, 0) is 27.2 Å². The molecule has 2 amide bonds. The summed E-state index contributed by atoms with van der Waals surface area (Å²) in [4.78, 5) is 53.6. The van der Waals surface area contributed by atoms with Crippen molar-refractivity contribution in [2.24, 2.45) is 0 Å². The van der Waals surface area contributed by atoms with Gasteiger partial charge in [0.15, 0.2) is 5.78 Å². The van der Waals surface area contributed by atoms with Crippen LogP contribution in [0.25, 0.3) is 11.8 Å². The molecule has 12 nitrogen and oxygen atoms in total. The molecule has 1 aliphatic heterocycles. The summed E-state index contributed by atoms with van der Waals surface area (Å²) < 4.78 is 6.48. The molecule has 0 bridgehead atoms. The monoisotopic (exact) mass is 628 g/mol. The smallest absolute Gasteiger partial charge is 0.335 e. The van der Waals surface area contributed by atoms with Crippen molar-refractivity contribution in [3.05, 3.63) is 111 Å². The molecule has 2 heterocycles. The molecule has 1 unspecified atom stereocenters. The standard InChI is InChI=1S/C32H29ClN6O6/c1-45-16-14-34-31(42)26-4-2-3-25-24(26)13-15-38(30(25)28(40)17-20-5-7-21(8-6-20)32(43)44)29(41)12-9-22-18-23(33)10-11-27(22)39-19-35-36-37-39/h2-12,18-19,30H,13-17H2,1H3,(H,34,42)(H,43,44)/b12-9+. The minimum atomic E-state index is -1.07. The van der Waals surface area contributed by atoms with Crippen molar-refractivity contribution in [1.82, 2.24) is 30.4 Å². The number of tetrazole rings is 1. The Labute approximate surface area is 263 Å². The number of Topliss-reactive ketones (excluding diaryl/α,β-unsaturated/α-hetero) is 1. The molecule has 0 aliphatic carbocycles. The van der Waals surface area contributed by atoms with Gasteiger partial charge in [-0.15, -0.1) is 5.10 Å². The zero-order valence-corrected chi connectivity index (χ0v) is 25.0. The summed E-state index contributed by atoms with van der Waals surface area (Å²) >= 11 is 6.24. The van der Waals surface area contributed by atoms with Crippen LogP contribution >= 0.6 is 11.6 Å². The number of carbonyl (C=O) groups excluding carboxylic acids is 3. The van der Waals surface area contributed by atoms with E-state index in [1.807, 2.05) is 0 Å². The van der Waals surface area contributed by atoms with Gasteiger partial charge in [-0.2, -0.15) is 4.68 Å². The van der Waals surface area contributed by atoms with Crippen molar-refractivity contribution >= 4 is 41.2 Å². The molecule has 0 saturated heterocycles. The molecule has 2 N–H and O–H groups in total. The van der Waals surface area contributed by atoms with Gasteiger partial charge in [0.1, 0.15) is 12.4 Å². The number of hydrogen-bond acceptors (Lipinski definition) is 8. The lowest BCUT2D eigenvalue weighted by Crippen LogP contribution is -2.44. The summed E-state index contributed by atoms with van der Waals surface area (Å²) in [6.07, 6.45) is 4.68. The summed E-state index contributed by atoms with van der Waals surface area (Å²) in [6.45, 7) is 0.848. The predicted octanol–water partition coefficient (Wildman–Crippen LogP) is 3.34. The fourth-order valence-corrected chi connectivity index (χ4v) is 5.47. The summed E-state index contributed by atoms with van der Waals surface area (Å²) in [6, 6.07) is 15.3. The Morgan fingerprint density at radius 3 is 2.62 bits per heavy atom. The van der Waals surface area contributed by atoms with Gasteiger partial charge in [-0.1, -0.05) is 35.9 Å². The summed E-state index contributed by atoms with van der Waals surface area (Å²) in [5, 5.41) is 23.8. The van der Waals surface area contributed by atoms with E-state index in [0.29, 0.717) is 58.1 Å². The number of halogens is 1. The molecule has 4 aromatic rings. The number of ether oxygens (including phenoxy) is 1. The van der Waals surface area contributed by atoms with Gasteiger partial charge in [0.05, 0.1) is 17.9 Å². The molecule has 0 radical (unpaired) electrons. The summed E-state index contributed by atoms with van der Waals surface area (Å²) in [5.41, 5.74) is 3.55. The van der Waals surface area contributed by atoms with Gasteiger partial charge >= 0.3 is 5.97 Å². The van der Waals surface area contributed by atoms with Crippen molar-refractivity contribution in [3.63, 3.8) is 0 Å². The SMILES string of the molecule is COCCNC(=O)c1cccc2c1CCN(C(=O)/C=C/c1cc(Cl)ccc1-n1cnnn1)C2C(=O)Cc1ccc(C(=O)O)cc1. The topological polar surface area (TPSA) is 157 Å². The Morgan fingerprint density at radius 1 is 1.11 bits per heavy atom. The van der Waals surface area contributed by atoms with Crippen LogP contribution in [0.3, 0.4) is 0 Å². The molecule has 1 atom stereocenters. The van der Waals surface area contributed by atoms with E-state index in [9.17, 15) is 24.3 Å². The number of aromatic nitrogens is 4. The van der Waals surface area contributed by atoms with Gasteiger partial charge in [0, 0.05) is 48.8 Å². The third kappa shape index (κ3) is 7.14. The molecule has 0 spiro atoms. The highest BCUT2D eigenvalue weighted by Gasteiger charge is 2.36. The first-order chi connectivity index (χ1) is 21.8. The summed E-state index contributed by atoms with van der Waals surface area (Å²) in [7, 11) is 1.54. The maximum atomic E-state index is 14.0. The minimum absolute atomic E-state index is 0.0560. The second-order valence-electron chi connectivity index (χ2n) is 10.2. The maximum absolute atomic E-state index is 14.0. The van der Waals surface area contributed by atoms with Gasteiger partial charge in [0.25, 0.3) is 5.91 Å². The number of benzene rings is 3. The molecule has 5 rings (SSSR count). The van der Waals surface area contributed by atoms with Gasteiger partial charge in [0.2, 0.25) is 5.91 Å². The van der Waals surface area contributed by atoms with Crippen LogP contribution in [0.1, 0.15) is 49.0 Å². The number of nitrogens with zero attached hydrogens (tertiary/aromatic N) is 5. The first kappa shape index (κ1) is 31.2. The van der Waals surface area contributed by atoms with E-state index in [-0.39, 0.29) is 30.2 Å². The zero-order valence-electron chi connectivity index (χ0n) is 24.2. The number of hydrogen-bond donors (Lipinski definition) is 2. The summed E-state index contributed by atoms with van der Waals surface area (Å²) in [5.74, 6) is -2.07. The quantitative estimate of drug-likeness (QED) is 0.188. The normalized spacial score (nSPS) is 14.3. The van der Waals surface area contributed by atoms with Crippen molar-refractivity contribution < 1.29 is 29.0 Å². The lowest BCUT2D eigenvalue weighted by atomic mass is 9.85. The van der Waals surface area contributed by atoms with E-state index >= 15 is 0 Å². The molecule has 0 fully saturated rings. The Morgan fingerprint density at radius 2 is 1.91 bits per heavy atom. The van der Waals surface area contributed by atoms with E-state index in [1.54, 1.807) is 61.7 Å². The number of carbonyl (C=O) groups is 4. The Kier molecular flexibility index (Phi) is 9.76. The fraction of sp³-hybridized carbons (Fsp3) is 0.219. The number of nitrogens with one attached hydrogen (secondary N) is 1. The highest BCUT2D eigenvalue weighted by Crippen LogP contribution is 2.34. The number of carboxylic acid groups (broad SMARTS) is 1. The number of rotatable bonds is 11. The molecule has 3 aromatic carbocycles. The van der Waals surface area contributed by atoms with Crippen LogP contribution < -0.4 is 5.32 Å². The number of amides is 2. The van der Waals surface area contributed by atoms with E-state index in [0.717, 1.165) is 0 Å². The molecule has 45 heavy (non-hydrogen) atoms. The third-order valence-corrected chi connectivity index (χ3v) is 7.65. The third-order valence-electron chi connectivity index (χ3n) is 7.42. The molecule has 230 valence electrons. The number of ketones is 1. The molecular weight excluding hydrogens is 600 g/mol. The molecule has 1 aromatic heterocycles. The number of methoxy groups -OCH3 is 1. The van der Waals surface area contributed by atoms with E-state index in [4.69, 9.17) is 16.3 Å². The van der Waals surface area contributed by atoms with Crippen molar-refractivity contribution in [2.45, 2.75) is 18.9 Å². The molecular formula is C32H29ClN6O6. The predicted molar refractivity (Wildman–Crippen MR) is 164 cm³/mol. The van der Waals surface area contributed by atoms with Gasteiger partial charge < -0.3 is 20.1 Å². The van der Waals surface area contributed by atoms with Gasteiger partial charge in [-0.25, -0.2) is 4.79 Å². The lowest BCUT2D eigenvalue weighted by Gasteiger charge is -2.36. The van der Waals surface area contributed by atoms with Crippen LogP contribution in [0.4, 0.5) is 0 Å². The Hall–Kier alpha value is -5.20. The van der Waals surface area contributed by atoms with Crippen LogP contribution in [0, 0.1) is 0 Å². The first-order valence-electron chi connectivity index (χ1n) is 14.0. The average molecular weight is 629 g/mol. The van der Waals surface area contributed by atoms with Crippen molar-refractivity contribution in [2.75, 3.05) is 26.8 Å². The van der Waals surface area contributed by atoms with E-state index < -0.39 is 17.9 Å². The second-order valence-corrected chi connectivity index (χ2v) is 10.7. The van der Waals surface area contributed by atoms with Crippen molar-refractivity contribution in [1.29, 1.82) is 0 Å². The van der Waals surface area contributed by atoms with Crippen molar-refractivity contribution in [3.8, 4) is 5.69 Å². The van der Waals surface area contributed by atoms with Gasteiger partial charge in [-0.3, -0.25) is 14.4 Å². The zero-order chi connectivity index (χ0) is 31.9. The van der Waals surface area contributed by atoms with Gasteiger partial charge in [-0.05, 0) is 76.0 Å². The van der Waals surface area contributed by atoms with Crippen LogP contribution in [0.15, 0.2) is 73.1 Å². The molecule has 13 heteroatoms. The van der Waals surface area contributed by atoms with E-state index in [2.05, 4.69) is 20.8 Å². The average Bonchev–Trinajstić information content (AvgIpc) is 3.58. The lowest BCUT2D eigenvalue weighted by molar-refractivity contribution is -0.136. The Bertz CT molecular complexity index is 1760. The molecule has 1 aliphatic rings. The van der Waals surface area contributed by atoms with E-state index in [1.165, 1.54) is 34.1 Å². The Balaban J connectivity index is 1.48. The molecule has 0 saturated carbocycles. The van der Waals surface area contributed by atoms with Crippen LogP contribution in [0.5, 0.6) is 0 Å². The van der Waals surface area contributed by atoms with Crippen LogP contribution in [0.2, 0.25) is 5.02 Å². The second kappa shape index (κ2) is 14.1. The van der Waals surface area contributed by atoms with Crippen LogP contribution in [-0.4, -0.2) is 80.6 Å².